The van der Waals surface area contributed by atoms with E-state index < -0.39 is 21.3 Å². The van der Waals surface area contributed by atoms with Gasteiger partial charge in [-0.05, 0) is 67.7 Å². The molecule has 214 valence electrons. The zero-order valence-corrected chi connectivity index (χ0v) is 24.4. The van der Waals surface area contributed by atoms with E-state index in [-0.39, 0.29) is 18.4 Å². The van der Waals surface area contributed by atoms with Gasteiger partial charge < -0.3 is 15.4 Å². The molecule has 0 aromatic heterocycles. The van der Waals surface area contributed by atoms with Crippen LogP contribution in [0.5, 0.6) is 5.75 Å². The van der Waals surface area contributed by atoms with Gasteiger partial charge in [0.2, 0.25) is 15.9 Å². The number of ether oxygens (including phenoxy) is 1. The largest absolute Gasteiger partial charge is 0.493 e. The van der Waals surface area contributed by atoms with E-state index in [1.54, 1.807) is 0 Å². The third-order valence-electron chi connectivity index (χ3n) is 7.98. The Morgan fingerprint density at radius 3 is 2.49 bits per heavy atom. The molecule has 7 nitrogen and oxygen atoms in total. The number of rotatable bonds is 12. The van der Waals surface area contributed by atoms with E-state index in [0.29, 0.717) is 37.7 Å². The first-order valence-electron chi connectivity index (χ1n) is 14.5. The number of hydrogen-bond donors (Lipinski definition) is 3. The minimum Gasteiger partial charge on any atom is -0.493 e. The molecular weight excluding hydrogens is 510 g/mol. The summed E-state index contributed by atoms with van der Waals surface area (Å²) >= 11 is 0. The zero-order chi connectivity index (χ0) is 27.8. The normalized spacial score (nSPS) is 22.1. The third-order valence-corrected chi connectivity index (χ3v) is 9.94. The van der Waals surface area contributed by atoms with Gasteiger partial charge in [0.05, 0.1) is 23.9 Å². The number of carbonyl (C=O) groups is 1. The monoisotopic (exact) mass is 555 g/mol. The molecule has 2 unspecified atom stereocenters. The minimum absolute atomic E-state index is 0.0386. The molecular formula is C31H45N3O4S. The van der Waals surface area contributed by atoms with Gasteiger partial charge in [0.25, 0.3) is 0 Å². The van der Waals surface area contributed by atoms with Crippen LogP contribution < -0.4 is 20.1 Å². The molecule has 39 heavy (non-hydrogen) atoms. The van der Waals surface area contributed by atoms with Crippen LogP contribution in [0.1, 0.15) is 94.5 Å². The third kappa shape index (κ3) is 8.53. The first-order chi connectivity index (χ1) is 18.7. The van der Waals surface area contributed by atoms with Crippen LogP contribution >= 0.6 is 0 Å². The topological polar surface area (TPSA) is 96.5 Å². The maximum Gasteiger partial charge on any atom is 0.222 e. The molecule has 3 N–H and O–H groups in total. The van der Waals surface area contributed by atoms with Gasteiger partial charge in [0.15, 0.2) is 0 Å². The van der Waals surface area contributed by atoms with Crippen molar-refractivity contribution in [1.82, 2.24) is 15.4 Å². The van der Waals surface area contributed by atoms with Crippen molar-refractivity contribution in [2.45, 2.75) is 89.6 Å². The van der Waals surface area contributed by atoms with E-state index >= 15 is 0 Å². The predicted octanol–water partition coefficient (Wildman–Crippen LogP) is 5.39. The van der Waals surface area contributed by atoms with Crippen molar-refractivity contribution in [2.24, 2.45) is 11.8 Å². The van der Waals surface area contributed by atoms with Crippen molar-refractivity contribution in [2.75, 3.05) is 13.2 Å². The van der Waals surface area contributed by atoms with E-state index in [1.807, 2.05) is 36.4 Å². The molecule has 0 saturated heterocycles. The Morgan fingerprint density at radius 1 is 1.03 bits per heavy atom. The summed E-state index contributed by atoms with van der Waals surface area (Å²) in [5, 5.41) is 6.24. The van der Waals surface area contributed by atoms with E-state index in [2.05, 4.69) is 48.3 Å². The Kier molecular flexibility index (Phi) is 10.4. The Morgan fingerprint density at radius 2 is 1.77 bits per heavy atom. The summed E-state index contributed by atoms with van der Waals surface area (Å²) in [6, 6.07) is 14.8. The highest BCUT2D eigenvalue weighted by atomic mass is 32.2. The van der Waals surface area contributed by atoms with Crippen LogP contribution in [0.4, 0.5) is 0 Å². The first-order valence-corrected chi connectivity index (χ1v) is 16.1. The van der Waals surface area contributed by atoms with Crippen LogP contribution in [-0.4, -0.2) is 32.7 Å². The molecule has 1 saturated carbocycles. The average Bonchev–Trinajstić information content (AvgIpc) is 2.91. The second-order valence-electron chi connectivity index (χ2n) is 11.7. The molecule has 2 atom stereocenters. The second kappa shape index (κ2) is 13.8. The van der Waals surface area contributed by atoms with Crippen molar-refractivity contribution >= 4 is 15.9 Å². The van der Waals surface area contributed by atoms with E-state index in [9.17, 15) is 13.2 Å². The summed E-state index contributed by atoms with van der Waals surface area (Å²) in [5.41, 5.74) is 2.91. The summed E-state index contributed by atoms with van der Waals surface area (Å²) in [4.78, 5) is 13.3. The maximum atomic E-state index is 13.3. The second-order valence-corrected chi connectivity index (χ2v) is 13.7. The zero-order valence-electron chi connectivity index (χ0n) is 23.6. The summed E-state index contributed by atoms with van der Waals surface area (Å²) in [6.07, 6.45) is 5.01. The molecule has 2 aromatic carbocycles. The lowest BCUT2D eigenvalue weighted by molar-refractivity contribution is -0.122. The summed E-state index contributed by atoms with van der Waals surface area (Å²) in [6.45, 7) is 8.89. The Balaban J connectivity index is 1.41. The van der Waals surface area contributed by atoms with Gasteiger partial charge in [-0.15, -0.1) is 0 Å². The number of fused-ring (bicyclic) bond motifs is 1. The molecule has 0 spiro atoms. The molecule has 1 fully saturated rings. The Labute approximate surface area is 234 Å². The highest BCUT2D eigenvalue weighted by molar-refractivity contribution is 7.90. The average molecular weight is 556 g/mol. The molecule has 0 bridgehead atoms. The smallest absolute Gasteiger partial charge is 0.222 e. The fourth-order valence-electron chi connectivity index (χ4n) is 5.50. The van der Waals surface area contributed by atoms with E-state index in [0.717, 1.165) is 54.8 Å². The molecule has 1 amide bonds. The van der Waals surface area contributed by atoms with Gasteiger partial charge in [-0.2, -0.15) is 0 Å². The van der Waals surface area contributed by atoms with Crippen LogP contribution in [0.3, 0.4) is 0 Å². The number of amides is 1. The van der Waals surface area contributed by atoms with Crippen LogP contribution in [0, 0.1) is 11.8 Å². The Hall–Kier alpha value is -2.42. The van der Waals surface area contributed by atoms with Crippen LogP contribution in [0.2, 0.25) is 0 Å². The Bertz CT molecular complexity index is 1180. The molecule has 2 aliphatic rings. The van der Waals surface area contributed by atoms with Crippen molar-refractivity contribution < 1.29 is 17.9 Å². The summed E-state index contributed by atoms with van der Waals surface area (Å²) in [5.74, 6) is 1.86. The lowest BCUT2D eigenvalue weighted by atomic mass is 9.91. The number of hydrogen-bond acceptors (Lipinski definition) is 5. The fraction of sp³-hybridized carbons (Fsp3) is 0.581. The standard InChI is InChI=1S/C31H45N3O4S/c1-22(2)15-17-32-21-24-11-14-27-28(16-18-38-30(27)19-24)33-31(35)20-29(25-7-5-4-6-8-25)34-39(36,37)26-12-9-23(3)10-13-26/h4-8,11,14,19,22-23,26,28-29,32,34H,9-10,12-13,15-18,20-21H2,1-3H3,(H,33,35). The first kappa shape index (κ1) is 29.6. The maximum absolute atomic E-state index is 13.3. The van der Waals surface area contributed by atoms with Crippen molar-refractivity contribution in [3.8, 4) is 5.75 Å². The predicted molar refractivity (Wildman–Crippen MR) is 156 cm³/mol. The van der Waals surface area contributed by atoms with Crippen molar-refractivity contribution in [3.63, 3.8) is 0 Å². The van der Waals surface area contributed by atoms with E-state index in [1.165, 1.54) is 0 Å². The SMILES string of the molecule is CC(C)CCNCc1ccc2c(c1)OCCC2NC(=O)CC(NS(=O)(=O)C1CCC(C)CC1)c1ccccc1. The van der Waals surface area contributed by atoms with Crippen LogP contribution in [0.15, 0.2) is 48.5 Å². The summed E-state index contributed by atoms with van der Waals surface area (Å²) < 4.78 is 35.5. The van der Waals surface area contributed by atoms with Gasteiger partial charge in [0.1, 0.15) is 5.75 Å². The number of carbonyl (C=O) groups excluding carboxylic acids is 1. The molecule has 4 rings (SSSR count). The van der Waals surface area contributed by atoms with Crippen molar-refractivity contribution in [3.05, 3.63) is 65.2 Å². The number of benzene rings is 2. The van der Waals surface area contributed by atoms with Gasteiger partial charge in [-0.1, -0.05) is 63.2 Å². The molecule has 8 heteroatoms. The number of nitrogens with one attached hydrogen (secondary N) is 3. The molecule has 2 aromatic rings. The lowest BCUT2D eigenvalue weighted by Gasteiger charge is -2.30. The van der Waals surface area contributed by atoms with Gasteiger partial charge in [-0.25, -0.2) is 13.1 Å². The molecule has 1 aliphatic carbocycles. The quantitative estimate of drug-likeness (QED) is 0.305. The summed E-state index contributed by atoms with van der Waals surface area (Å²) in [7, 11) is -3.56. The fourth-order valence-corrected chi connectivity index (χ4v) is 7.20. The van der Waals surface area contributed by atoms with E-state index in [4.69, 9.17) is 4.74 Å². The van der Waals surface area contributed by atoms with Gasteiger partial charge in [0, 0.05) is 24.9 Å². The molecule has 0 radical (unpaired) electrons. The highest BCUT2D eigenvalue weighted by Crippen LogP contribution is 2.34. The van der Waals surface area contributed by atoms with Crippen LogP contribution in [0.25, 0.3) is 0 Å². The highest BCUT2D eigenvalue weighted by Gasteiger charge is 2.33. The minimum atomic E-state index is -3.56. The van der Waals surface area contributed by atoms with Gasteiger partial charge >= 0.3 is 0 Å². The molecule has 1 heterocycles. The van der Waals surface area contributed by atoms with Crippen LogP contribution in [-0.2, 0) is 21.4 Å². The lowest BCUT2D eigenvalue weighted by Crippen LogP contribution is -2.41. The van der Waals surface area contributed by atoms with Gasteiger partial charge in [-0.3, -0.25) is 4.79 Å². The molecule has 1 aliphatic heterocycles. The van der Waals surface area contributed by atoms with Crippen molar-refractivity contribution in [1.29, 1.82) is 0 Å². The number of sulfonamides is 1.